The third-order valence-electron chi connectivity index (χ3n) is 5.57. The van der Waals surface area contributed by atoms with Gasteiger partial charge in [0.1, 0.15) is 0 Å². The second-order valence-electron chi connectivity index (χ2n) is 7.65. The van der Waals surface area contributed by atoms with E-state index in [1.54, 1.807) is 0 Å². The molecule has 2 rings (SSSR count). The highest BCUT2D eigenvalue weighted by molar-refractivity contribution is 5.86. The lowest BCUT2D eigenvalue weighted by molar-refractivity contribution is -0.212. The van der Waals surface area contributed by atoms with Gasteiger partial charge in [0.2, 0.25) is 0 Å². The fourth-order valence-corrected chi connectivity index (χ4v) is 3.93. The van der Waals surface area contributed by atoms with Crippen molar-refractivity contribution in [3.63, 3.8) is 0 Å². The lowest BCUT2D eigenvalue weighted by Gasteiger charge is -2.33. The van der Waals surface area contributed by atoms with Gasteiger partial charge in [0.25, 0.3) is 0 Å². The monoisotopic (exact) mass is 356 g/mol. The van der Waals surface area contributed by atoms with Gasteiger partial charge in [-0.25, -0.2) is 0 Å². The molecular weight excluding hydrogens is 320 g/mol. The minimum atomic E-state index is -1.76. The standard InChI is InChI=1S/C24H36O2/c1-3-5-7-8-9-10-17-21(16-6-4-2)24(25,26)23-19-13-15-20-14-11-12-18-22(20)23/h11-15,18-19,21,25-26H,3-10,16-17H2,1-2H3. The van der Waals surface area contributed by atoms with E-state index >= 15 is 0 Å². The molecule has 0 saturated heterocycles. The predicted molar refractivity (Wildman–Crippen MR) is 111 cm³/mol. The molecule has 0 heterocycles. The molecule has 1 atom stereocenters. The van der Waals surface area contributed by atoms with Gasteiger partial charge < -0.3 is 10.2 Å². The molecule has 2 nitrogen and oxygen atoms in total. The summed E-state index contributed by atoms with van der Waals surface area (Å²) >= 11 is 0. The second-order valence-corrected chi connectivity index (χ2v) is 7.65. The first-order chi connectivity index (χ1) is 12.6. The summed E-state index contributed by atoms with van der Waals surface area (Å²) in [5.74, 6) is -1.88. The van der Waals surface area contributed by atoms with E-state index in [2.05, 4.69) is 13.8 Å². The van der Waals surface area contributed by atoms with Gasteiger partial charge in [-0.05, 0) is 23.6 Å². The van der Waals surface area contributed by atoms with Crippen LogP contribution in [0.5, 0.6) is 0 Å². The van der Waals surface area contributed by atoms with E-state index in [1.807, 2.05) is 42.5 Å². The zero-order valence-electron chi connectivity index (χ0n) is 16.6. The van der Waals surface area contributed by atoms with Crippen LogP contribution in [0.15, 0.2) is 42.5 Å². The Balaban J connectivity index is 2.13. The first-order valence-electron chi connectivity index (χ1n) is 10.5. The highest BCUT2D eigenvalue weighted by Gasteiger charge is 2.36. The van der Waals surface area contributed by atoms with Crippen molar-refractivity contribution in [1.82, 2.24) is 0 Å². The number of unbranched alkanes of at least 4 members (excludes halogenated alkanes) is 6. The molecule has 1 unspecified atom stereocenters. The first kappa shape index (κ1) is 20.9. The SMILES string of the molecule is CCCCCCCCC(CCCC)C(O)(O)c1cccc2ccccc12. The van der Waals surface area contributed by atoms with E-state index in [0.29, 0.717) is 5.56 Å². The van der Waals surface area contributed by atoms with Gasteiger partial charge in [0, 0.05) is 11.5 Å². The summed E-state index contributed by atoms with van der Waals surface area (Å²) in [5, 5.41) is 24.3. The number of hydrogen-bond acceptors (Lipinski definition) is 2. The van der Waals surface area contributed by atoms with Gasteiger partial charge in [0.15, 0.2) is 5.79 Å². The van der Waals surface area contributed by atoms with E-state index in [9.17, 15) is 10.2 Å². The summed E-state index contributed by atoms with van der Waals surface area (Å²) < 4.78 is 0. The maximum atomic E-state index is 11.2. The number of fused-ring (bicyclic) bond motifs is 1. The first-order valence-corrected chi connectivity index (χ1v) is 10.5. The number of aliphatic hydroxyl groups is 2. The Morgan fingerprint density at radius 2 is 1.35 bits per heavy atom. The lowest BCUT2D eigenvalue weighted by atomic mass is 9.82. The quantitative estimate of drug-likeness (QED) is 0.335. The van der Waals surface area contributed by atoms with Crippen LogP contribution in [0.3, 0.4) is 0 Å². The van der Waals surface area contributed by atoms with Crippen LogP contribution >= 0.6 is 0 Å². The summed E-state index contributed by atoms with van der Waals surface area (Å²) in [5.41, 5.74) is 0.655. The van der Waals surface area contributed by atoms with Crippen molar-refractivity contribution in [2.75, 3.05) is 0 Å². The van der Waals surface area contributed by atoms with Gasteiger partial charge in [0.05, 0.1) is 0 Å². The zero-order valence-corrected chi connectivity index (χ0v) is 16.6. The van der Waals surface area contributed by atoms with E-state index in [0.717, 1.165) is 42.9 Å². The average molecular weight is 357 g/mol. The van der Waals surface area contributed by atoms with Crippen LogP contribution in [0.2, 0.25) is 0 Å². The Kier molecular flexibility index (Phi) is 8.61. The second kappa shape index (κ2) is 10.7. The van der Waals surface area contributed by atoms with E-state index in [4.69, 9.17) is 0 Å². The normalized spacial score (nSPS) is 13.2. The van der Waals surface area contributed by atoms with Crippen molar-refractivity contribution in [3.8, 4) is 0 Å². The van der Waals surface area contributed by atoms with E-state index < -0.39 is 5.79 Å². The number of rotatable bonds is 12. The van der Waals surface area contributed by atoms with Gasteiger partial charge >= 0.3 is 0 Å². The summed E-state index contributed by atoms with van der Waals surface area (Å²) in [6.45, 7) is 4.40. The fraction of sp³-hybridized carbons (Fsp3) is 0.583. The molecule has 0 amide bonds. The summed E-state index contributed by atoms with van der Waals surface area (Å²) in [6, 6.07) is 13.8. The predicted octanol–water partition coefficient (Wildman–Crippen LogP) is 6.53. The van der Waals surface area contributed by atoms with Crippen LogP contribution in [0.1, 0.15) is 83.6 Å². The Morgan fingerprint density at radius 3 is 2.12 bits per heavy atom. The third kappa shape index (κ3) is 5.56. The van der Waals surface area contributed by atoms with Crippen molar-refractivity contribution in [2.24, 2.45) is 5.92 Å². The molecule has 0 spiro atoms. The molecule has 2 N–H and O–H groups in total. The van der Waals surface area contributed by atoms with Crippen molar-refractivity contribution < 1.29 is 10.2 Å². The topological polar surface area (TPSA) is 40.5 Å². The molecule has 26 heavy (non-hydrogen) atoms. The minimum absolute atomic E-state index is 0.112. The summed E-state index contributed by atoms with van der Waals surface area (Å²) in [7, 11) is 0. The summed E-state index contributed by atoms with van der Waals surface area (Å²) in [6.07, 6.45) is 11.2. The van der Waals surface area contributed by atoms with Crippen molar-refractivity contribution in [1.29, 1.82) is 0 Å². The smallest absolute Gasteiger partial charge is 0.193 e. The number of hydrogen-bond donors (Lipinski definition) is 2. The summed E-state index contributed by atoms with van der Waals surface area (Å²) in [4.78, 5) is 0. The molecule has 0 aliphatic rings. The van der Waals surface area contributed by atoms with Gasteiger partial charge in [-0.3, -0.25) is 0 Å². The molecular formula is C24H36O2. The Bertz CT molecular complexity index is 642. The lowest BCUT2D eigenvalue weighted by Crippen LogP contribution is -2.35. The van der Waals surface area contributed by atoms with Crippen molar-refractivity contribution >= 4 is 10.8 Å². The number of benzene rings is 2. The molecule has 2 aromatic carbocycles. The Hall–Kier alpha value is -1.38. The highest BCUT2D eigenvalue weighted by atomic mass is 16.5. The van der Waals surface area contributed by atoms with Crippen LogP contribution in [0, 0.1) is 5.92 Å². The van der Waals surface area contributed by atoms with Crippen molar-refractivity contribution in [3.05, 3.63) is 48.0 Å². The molecule has 0 radical (unpaired) electrons. The van der Waals surface area contributed by atoms with E-state index in [1.165, 1.54) is 32.1 Å². The van der Waals surface area contributed by atoms with Gasteiger partial charge in [-0.2, -0.15) is 0 Å². The highest BCUT2D eigenvalue weighted by Crippen LogP contribution is 2.37. The maximum absolute atomic E-state index is 11.2. The molecule has 0 fully saturated rings. The molecule has 0 aliphatic carbocycles. The Labute approximate surface area is 159 Å². The minimum Gasteiger partial charge on any atom is -0.362 e. The van der Waals surface area contributed by atoms with Crippen LogP contribution in [0.25, 0.3) is 10.8 Å². The van der Waals surface area contributed by atoms with Crippen LogP contribution < -0.4 is 0 Å². The fourth-order valence-electron chi connectivity index (χ4n) is 3.93. The molecule has 2 aromatic rings. The van der Waals surface area contributed by atoms with Gasteiger partial charge in [-0.15, -0.1) is 0 Å². The largest absolute Gasteiger partial charge is 0.362 e. The maximum Gasteiger partial charge on any atom is 0.193 e. The zero-order chi connectivity index (χ0) is 18.8. The molecule has 0 saturated carbocycles. The molecule has 0 aromatic heterocycles. The Morgan fingerprint density at radius 1 is 0.731 bits per heavy atom. The molecule has 2 heteroatoms. The molecule has 0 aliphatic heterocycles. The third-order valence-corrected chi connectivity index (χ3v) is 5.57. The van der Waals surface area contributed by atoms with Crippen LogP contribution in [0.4, 0.5) is 0 Å². The molecule has 0 bridgehead atoms. The van der Waals surface area contributed by atoms with Crippen molar-refractivity contribution in [2.45, 2.75) is 83.8 Å². The van der Waals surface area contributed by atoms with E-state index in [-0.39, 0.29) is 5.92 Å². The van der Waals surface area contributed by atoms with Crippen LogP contribution in [-0.4, -0.2) is 10.2 Å². The molecule has 144 valence electrons. The average Bonchev–Trinajstić information content (AvgIpc) is 2.66. The van der Waals surface area contributed by atoms with Crippen LogP contribution in [-0.2, 0) is 5.79 Å². The van der Waals surface area contributed by atoms with Gasteiger partial charge in [-0.1, -0.05) is 108 Å².